The molecule has 2 aromatic heterocycles. The zero-order chi connectivity index (χ0) is 20.8. The average Bonchev–Trinajstić information content (AvgIpc) is 3.24. The quantitative estimate of drug-likeness (QED) is 0.327. The first-order chi connectivity index (χ1) is 14.8. The van der Waals surface area contributed by atoms with Crippen molar-refractivity contribution in [3.8, 4) is 11.1 Å². The Morgan fingerprint density at radius 2 is 1.93 bits per heavy atom. The van der Waals surface area contributed by atoms with Crippen molar-refractivity contribution >= 4 is 33.3 Å². The van der Waals surface area contributed by atoms with E-state index in [9.17, 15) is 4.79 Å². The number of ether oxygens (including phenoxy) is 1. The standard InChI is InChI=1S/C23H22N4O2S/c1-29-23(28)18-9-5-6-16(12-18)13-24-10-11-25-21-20-19(17-7-3-2-4-8-17)14-30-22(20)27-15-26-21/h2-9,12,14-15,24H,10-11,13H2,1H3,(H,25,26,27). The van der Waals surface area contributed by atoms with Crippen LogP contribution in [-0.4, -0.2) is 36.1 Å². The number of nitrogens with zero attached hydrogens (tertiary/aromatic N) is 2. The van der Waals surface area contributed by atoms with Crippen molar-refractivity contribution in [2.45, 2.75) is 6.54 Å². The molecule has 4 rings (SSSR count). The van der Waals surface area contributed by atoms with Gasteiger partial charge in [-0.05, 0) is 23.3 Å². The van der Waals surface area contributed by atoms with Gasteiger partial charge in [0.25, 0.3) is 0 Å². The number of benzene rings is 2. The van der Waals surface area contributed by atoms with E-state index in [1.165, 1.54) is 7.11 Å². The topological polar surface area (TPSA) is 76.1 Å². The van der Waals surface area contributed by atoms with Crippen LogP contribution in [0.4, 0.5) is 5.82 Å². The van der Waals surface area contributed by atoms with E-state index >= 15 is 0 Å². The van der Waals surface area contributed by atoms with Crippen molar-refractivity contribution in [2.75, 3.05) is 25.5 Å². The molecule has 2 heterocycles. The van der Waals surface area contributed by atoms with Gasteiger partial charge in [0.2, 0.25) is 0 Å². The number of methoxy groups -OCH3 is 1. The second kappa shape index (κ2) is 9.47. The molecule has 0 aliphatic carbocycles. The third kappa shape index (κ3) is 4.48. The second-order valence-corrected chi connectivity index (χ2v) is 7.57. The molecule has 30 heavy (non-hydrogen) atoms. The summed E-state index contributed by atoms with van der Waals surface area (Å²) in [6.45, 7) is 2.13. The number of nitrogens with one attached hydrogen (secondary N) is 2. The number of esters is 1. The maximum atomic E-state index is 11.6. The molecule has 0 spiro atoms. The molecule has 4 aromatic rings. The molecule has 7 heteroatoms. The Balaban J connectivity index is 1.38. The predicted molar refractivity (Wildman–Crippen MR) is 121 cm³/mol. The van der Waals surface area contributed by atoms with Crippen molar-refractivity contribution in [1.29, 1.82) is 0 Å². The molecule has 0 radical (unpaired) electrons. The molecule has 0 atom stereocenters. The Bertz CT molecular complexity index is 1140. The summed E-state index contributed by atoms with van der Waals surface area (Å²) in [6.07, 6.45) is 1.60. The van der Waals surface area contributed by atoms with Crippen LogP contribution < -0.4 is 10.6 Å². The number of hydrogen-bond donors (Lipinski definition) is 2. The van der Waals surface area contributed by atoms with Crippen LogP contribution in [0.5, 0.6) is 0 Å². The van der Waals surface area contributed by atoms with Crippen LogP contribution in [0.3, 0.4) is 0 Å². The van der Waals surface area contributed by atoms with Gasteiger partial charge < -0.3 is 15.4 Å². The summed E-state index contributed by atoms with van der Waals surface area (Å²) in [4.78, 5) is 21.5. The maximum Gasteiger partial charge on any atom is 0.337 e. The lowest BCUT2D eigenvalue weighted by Gasteiger charge is -2.10. The molecule has 2 N–H and O–H groups in total. The summed E-state index contributed by atoms with van der Waals surface area (Å²) >= 11 is 1.62. The molecule has 152 valence electrons. The van der Waals surface area contributed by atoms with Gasteiger partial charge in [-0.2, -0.15) is 0 Å². The van der Waals surface area contributed by atoms with Gasteiger partial charge in [-0.3, -0.25) is 0 Å². The molecule has 0 amide bonds. The Hall–Kier alpha value is -3.29. The zero-order valence-corrected chi connectivity index (χ0v) is 17.4. The van der Waals surface area contributed by atoms with Crippen LogP contribution in [0, 0.1) is 0 Å². The van der Waals surface area contributed by atoms with Crippen molar-refractivity contribution in [3.63, 3.8) is 0 Å². The molecular formula is C23H22N4O2S. The predicted octanol–water partition coefficient (Wildman–Crippen LogP) is 4.35. The minimum atomic E-state index is -0.323. The van der Waals surface area contributed by atoms with Gasteiger partial charge in [-0.1, -0.05) is 42.5 Å². The molecule has 0 aliphatic rings. The van der Waals surface area contributed by atoms with Gasteiger partial charge in [0.05, 0.1) is 18.1 Å². The number of hydrogen-bond acceptors (Lipinski definition) is 7. The van der Waals surface area contributed by atoms with Crippen molar-refractivity contribution < 1.29 is 9.53 Å². The zero-order valence-electron chi connectivity index (χ0n) is 16.6. The fraction of sp³-hybridized carbons (Fsp3) is 0.174. The van der Waals surface area contributed by atoms with Crippen LogP contribution in [0.2, 0.25) is 0 Å². The Labute approximate surface area is 179 Å². The maximum absolute atomic E-state index is 11.6. The van der Waals surface area contributed by atoms with Gasteiger partial charge in [0, 0.05) is 30.6 Å². The summed E-state index contributed by atoms with van der Waals surface area (Å²) in [5.74, 6) is 0.519. The Morgan fingerprint density at radius 1 is 1.07 bits per heavy atom. The van der Waals surface area contributed by atoms with Gasteiger partial charge in [0.1, 0.15) is 17.0 Å². The summed E-state index contributed by atoms with van der Waals surface area (Å²) in [5, 5.41) is 10.0. The van der Waals surface area contributed by atoms with Gasteiger partial charge in [-0.15, -0.1) is 11.3 Å². The molecule has 0 bridgehead atoms. The lowest BCUT2D eigenvalue weighted by molar-refractivity contribution is 0.0600. The highest BCUT2D eigenvalue weighted by Crippen LogP contribution is 2.36. The molecular weight excluding hydrogens is 396 g/mol. The lowest BCUT2D eigenvalue weighted by Crippen LogP contribution is -2.22. The van der Waals surface area contributed by atoms with Crippen LogP contribution in [-0.2, 0) is 11.3 Å². The van der Waals surface area contributed by atoms with Crippen molar-refractivity contribution in [2.24, 2.45) is 0 Å². The largest absolute Gasteiger partial charge is 0.465 e. The first-order valence-electron chi connectivity index (χ1n) is 9.65. The second-order valence-electron chi connectivity index (χ2n) is 6.71. The average molecular weight is 419 g/mol. The van der Waals surface area contributed by atoms with Gasteiger partial charge in [-0.25, -0.2) is 14.8 Å². The van der Waals surface area contributed by atoms with E-state index in [0.29, 0.717) is 18.7 Å². The molecule has 0 fully saturated rings. The van der Waals surface area contributed by atoms with Crippen LogP contribution in [0.1, 0.15) is 15.9 Å². The highest BCUT2D eigenvalue weighted by molar-refractivity contribution is 7.17. The Kier molecular flexibility index (Phi) is 6.32. The van der Waals surface area contributed by atoms with E-state index in [1.54, 1.807) is 23.7 Å². The first kappa shape index (κ1) is 20.0. The van der Waals surface area contributed by atoms with Crippen molar-refractivity contribution in [1.82, 2.24) is 15.3 Å². The third-order valence-electron chi connectivity index (χ3n) is 4.73. The summed E-state index contributed by atoms with van der Waals surface area (Å²) < 4.78 is 4.77. The third-order valence-corrected chi connectivity index (χ3v) is 5.61. The molecule has 0 aliphatic heterocycles. The molecule has 0 unspecified atom stereocenters. The normalized spacial score (nSPS) is 10.8. The van der Waals surface area contributed by atoms with E-state index in [-0.39, 0.29) is 5.97 Å². The monoisotopic (exact) mass is 418 g/mol. The fourth-order valence-corrected chi connectivity index (χ4v) is 4.18. The fourth-order valence-electron chi connectivity index (χ4n) is 3.27. The summed E-state index contributed by atoms with van der Waals surface area (Å²) in [5.41, 5.74) is 3.90. The highest BCUT2D eigenvalue weighted by Gasteiger charge is 2.12. The van der Waals surface area contributed by atoms with Gasteiger partial charge >= 0.3 is 5.97 Å². The molecule has 0 saturated heterocycles. The number of carbonyl (C=O) groups is 1. The lowest BCUT2D eigenvalue weighted by atomic mass is 10.1. The minimum Gasteiger partial charge on any atom is -0.465 e. The number of rotatable bonds is 8. The number of carbonyl (C=O) groups excluding carboxylic acids is 1. The van der Waals surface area contributed by atoms with E-state index in [2.05, 4.69) is 38.1 Å². The smallest absolute Gasteiger partial charge is 0.337 e. The van der Waals surface area contributed by atoms with Crippen LogP contribution >= 0.6 is 11.3 Å². The highest BCUT2D eigenvalue weighted by atomic mass is 32.1. The van der Waals surface area contributed by atoms with Crippen LogP contribution in [0.15, 0.2) is 66.3 Å². The Morgan fingerprint density at radius 3 is 2.77 bits per heavy atom. The van der Waals surface area contributed by atoms with E-state index < -0.39 is 0 Å². The van der Waals surface area contributed by atoms with Crippen LogP contribution in [0.25, 0.3) is 21.3 Å². The summed E-state index contributed by atoms with van der Waals surface area (Å²) in [7, 11) is 1.39. The first-order valence-corrected chi connectivity index (χ1v) is 10.5. The minimum absolute atomic E-state index is 0.323. The van der Waals surface area contributed by atoms with Crippen molar-refractivity contribution in [3.05, 3.63) is 77.4 Å². The number of thiophene rings is 1. The number of aromatic nitrogens is 2. The number of fused-ring (bicyclic) bond motifs is 1. The molecule has 6 nitrogen and oxygen atoms in total. The van der Waals surface area contributed by atoms with Gasteiger partial charge in [0.15, 0.2) is 0 Å². The molecule has 2 aromatic carbocycles. The van der Waals surface area contributed by atoms with E-state index in [0.717, 1.165) is 39.3 Å². The molecule has 0 saturated carbocycles. The SMILES string of the molecule is COC(=O)c1cccc(CNCCNc2ncnc3scc(-c4ccccc4)c23)c1. The summed E-state index contributed by atoms with van der Waals surface area (Å²) in [6, 6.07) is 17.7. The number of anilines is 1. The van der Waals surface area contributed by atoms with E-state index in [4.69, 9.17) is 4.74 Å². The van der Waals surface area contributed by atoms with E-state index in [1.807, 2.05) is 36.4 Å².